The number of benzene rings is 1. The van der Waals surface area contributed by atoms with Crippen LogP contribution in [0, 0.1) is 6.92 Å². The van der Waals surface area contributed by atoms with Crippen molar-refractivity contribution in [3.05, 3.63) is 69.9 Å². The Kier molecular flexibility index (Phi) is 5.36. The molecule has 4 heterocycles. The molecular weight excluding hydrogens is 404 g/mol. The lowest BCUT2D eigenvalue weighted by atomic mass is 9.95. The van der Waals surface area contributed by atoms with Crippen molar-refractivity contribution in [2.45, 2.75) is 32.9 Å². The molecule has 1 unspecified atom stereocenters. The minimum absolute atomic E-state index is 0. The molecule has 1 aliphatic rings. The topological polar surface area (TPSA) is 98.7 Å². The van der Waals surface area contributed by atoms with E-state index in [-0.39, 0.29) is 18.0 Å². The average molecular weight is 425 g/mol. The van der Waals surface area contributed by atoms with Gasteiger partial charge in [-0.3, -0.25) is 14.3 Å². The molecule has 0 spiro atoms. The molecule has 0 radical (unpaired) electrons. The Hall–Kier alpha value is -3.10. The number of aryl methyl sites for hydroxylation is 1. The van der Waals surface area contributed by atoms with Crippen molar-refractivity contribution in [1.82, 2.24) is 30.0 Å². The smallest absolute Gasteiger partial charge is 0.261 e. The van der Waals surface area contributed by atoms with Gasteiger partial charge in [0.25, 0.3) is 5.56 Å². The largest absolute Gasteiger partial charge is 0.337 e. The van der Waals surface area contributed by atoms with Crippen LogP contribution in [0.1, 0.15) is 35.7 Å². The van der Waals surface area contributed by atoms with Gasteiger partial charge in [0.2, 0.25) is 11.7 Å². The highest BCUT2D eigenvalue weighted by molar-refractivity contribution is 5.85. The summed E-state index contributed by atoms with van der Waals surface area (Å²) in [6, 6.07) is 6.84. The van der Waals surface area contributed by atoms with Crippen LogP contribution in [0.2, 0.25) is 0 Å². The van der Waals surface area contributed by atoms with Gasteiger partial charge in [0, 0.05) is 24.0 Å². The van der Waals surface area contributed by atoms with Crippen molar-refractivity contribution in [3.63, 3.8) is 0 Å². The number of nitrogens with zero attached hydrogens (tertiary/aromatic N) is 5. The molecular formula is C21H21ClN6O2. The summed E-state index contributed by atoms with van der Waals surface area (Å²) in [5.74, 6) is 0.877. The fourth-order valence-electron chi connectivity index (χ4n) is 3.85. The third kappa shape index (κ3) is 3.28. The van der Waals surface area contributed by atoms with E-state index in [4.69, 9.17) is 4.52 Å². The van der Waals surface area contributed by atoms with E-state index in [1.54, 1.807) is 6.07 Å². The van der Waals surface area contributed by atoms with Crippen molar-refractivity contribution in [1.29, 1.82) is 0 Å². The van der Waals surface area contributed by atoms with Crippen LogP contribution in [0.15, 0.2) is 46.1 Å². The summed E-state index contributed by atoms with van der Waals surface area (Å²) in [5.41, 5.74) is 4.69. The third-order valence-electron chi connectivity index (χ3n) is 5.46. The lowest BCUT2D eigenvalue weighted by molar-refractivity contribution is 0.342. The maximum atomic E-state index is 12.9. The first-order valence-corrected chi connectivity index (χ1v) is 9.61. The number of para-hydroxylation sites is 1. The molecule has 9 heteroatoms. The molecule has 1 aliphatic heterocycles. The maximum Gasteiger partial charge on any atom is 0.261 e. The molecule has 8 nitrogen and oxygen atoms in total. The quantitative estimate of drug-likeness (QED) is 0.539. The Morgan fingerprint density at radius 2 is 2.07 bits per heavy atom. The molecule has 0 aliphatic carbocycles. The van der Waals surface area contributed by atoms with E-state index in [1.165, 1.54) is 16.5 Å². The minimum Gasteiger partial charge on any atom is -0.337 e. The molecule has 0 fully saturated rings. The highest BCUT2D eigenvalue weighted by atomic mass is 35.5. The average Bonchev–Trinajstić information content (AvgIpc) is 3.23. The standard InChI is InChI=1S/C21H20N6O2.ClH/c1-12-18(15-7-8-22-9-14(15)10-23-12)19-25-20(29-26-19)13(2)27-11-24-17-6-4-3-5-16(17)21(27)28;/h3-6,10-11,13,22H,7-9H2,1-2H3;1H. The van der Waals surface area contributed by atoms with Crippen molar-refractivity contribution in [2.24, 2.45) is 0 Å². The summed E-state index contributed by atoms with van der Waals surface area (Å²) in [7, 11) is 0. The summed E-state index contributed by atoms with van der Waals surface area (Å²) in [4.78, 5) is 26.4. The van der Waals surface area contributed by atoms with Gasteiger partial charge in [-0.15, -0.1) is 12.4 Å². The van der Waals surface area contributed by atoms with Crippen LogP contribution in [-0.4, -0.2) is 31.2 Å². The van der Waals surface area contributed by atoms with Crippen molar-refractivity contribution in [2.75, 3.05) is 6.54 Å². The predicted molar refractivity (Wildman–Crippen MR) is 115 cm³/mol. The van der Waals surface area contributed by atoms with Crippen LogP contribution in [0.4, 0.5) is 0 Å². The van der Waals surface area contributed by atoms with Gasteiger partial charge in [-0.1, -0.05) is 17.3 Å². The van der Waals surface area contributed by atoms with E-state index in [1.807, 2.05) is 38.2 Å². The highest BCUT2D eigenvalue weighted by Crippen LogP contribution is 2.29. The molecule has 3 aromatic heterocycles. The second-order valence-electron chi connectivity index (χ2n) is 7.26. The van der Waals surface area contributed by atoms with E-state index in [0.717, 1.165) is 36.3 Å². The van der Waals surface area contributed by atoms with Gasteiger partial charge in [-0.2, -0.15) is 4.98 Å². The van der Waals surface area contributed by atoms with Gasteiger partial charge in [-0.05, 0) is 50.1 Å². The van der Waals surface area contributed by atoms with Gasteiger partial charge in [-0.25, -0.2) is 4.98 Å². The number of halogens is 1. The molecule has 4 aromatic rings. The van der Waals surface area contributed by atoms with E-state index < -0.39 is 6.04 Å². The fraction of sp³-hybridized carbons (Fsp3) is 0.286. The molecule has 5 rings (SSSR count). The first-order valence-electron chi connectivity index (χ1n) is 9.61. The van der Waals surface area contributed by atoms with Crippen LogP contribution in [0.5, 0.6) is 0 Å². The number of aromatic nitrogens is 5. The summed E-state index contributed by atoms with van der Waals surface area (Å²) < 4.78 is 7.08. The summed E-state index contributed by atoms with van der Waals surface area (Å²) in [6.07, 6.45) is 4.33. The van der Waals surface area contributed by atoms with Crippen LogP contribution in [0.3, 0.4) is 0 Å². The third-order valence-corrected chi connectivity index (χ3v) is 5.46. The lowest BCUT2D eigenvalue weighted by Crippen LogP contribution is -2.25. The Bertz CT molecular complexity index is 1280. The van der Waals surface area contributed by atoms with E-state index in [0.29, 0.717) is 22.6 Å². The SMILES string of the molecule is Cc1ncc2c(c1-c1noc(C(C)n3cnc4ccccc4c3=O)n1)CCNC2.Cl. The Labute approximate surface area is 178 Å². The summed E-state index contributed by atoms with van der Waals surface area (Å²) >= 11 is 0. The predicted octanol–water partition coefficient (Wildman–Crippen LogP) is 2.83. The zero-order valence-electron chi connectivity index (χ0n) is 16.6. The number of nitrogens with one attached hydrogen (secondary N) is 1. The van der Waals surface area contributed by atoms with Crippen molar-refractivity contribution >= 4 is 23.3 Å². The van der Waals surface area contributed by atoms with Gasteiger partial charge >= 0.3 is 0 Å². The molecule has 154 valence electrons. The highest BCUT2D eigenvalue weighted by Gasteiger charge is 2.23. The van der Waals surface area contributed by atoms with Crippen LogP contribution >= 0.6 is 12.4 Å². The van der Waals surface area contributed by atoms with E-state index in [9.17, 15) is 4.79 Å². The maximum absolute atomic E-state index is 12.9. The molecule has 30 heavy (non-hydrogen) atoms. The van der Waals surface area contributed by atoms with Gasteiger partial charge in [0.05, 0.1) is 17.2 Å². The first-order chi connectivity index (χ1) is 14.1. The van der Waals surface area contributed by atoms with Gasteiger partial charge in [0.1, 0.15) is 6.04 Å². The number of rotatable bonds is 3. The number of hydrogen-bond acceptors (Lipinski definition) is 7. The molecule has 0 amide bonds. The Balaban J connectivity index is 0.00000218. The number of pyridine rings is 1. The minimum atomic E-state index is -0.435. The van der Waals surface area contributed by atoms with Crippen molar-refractivity contribution in [3.8, 4) is 11.4 Å². The number of hydrogen-bond donors (Lipinski definition) is 1. The second kappa shape index (κ2) is 7.97. The summed E-state index contributed by atoms with van der Waals surface area (Å²) in [6.45, 7) is 5.50. The zero-order valence-corrected chi connectivity index (χ0v) is 17.4. The zero-order chi connectivity index (χ0) is 20.0. The molecule has 1 aromatic carbocycles. The van der Waals surface area contributed by atoms with E-state index in [2.05, 4.69) is 25.4 Å². The monoisotopic (exact) mass is 424 g/mol. The van der Waals surface area contributed by atoms with Crippen LogP contribution in [-0.2, 0) is 13.0 Å². The second-order valence-corrected chi connectivity index (χ2v) is 7.26. The summed E-state index contributed by atoms with van der Waals surface area (Å²) in [5, 5.41) is 8.13. The molecule has 1 N–H and O–H groups in total. The van der Waals surface area contributed by atoms with Crippen LogP contribution < -0.4 is 10.9 Å². The van der Waals surface area contributed by atoms with Gasteiger partial charge < -0.3 is 9.84 Å². The van der Waals surface area contributed by atoms with Gasteiger partial charge in [0.15, 0.2) is 0 Å². The lowest BCUT2D eigenvalue weighted by Gasteiger charge is -2.19. The van der Waals surface area contributed by atoms with Crippen LogP contribution in [0.25, 0.3) is 22.3 Å². The Morgan fingerprint density at radius 3 is 2.93 bits per heavy atom. The van der Waals surface area contributed by atoms with Crippen molar-refractivity contribution < 1.29 is 4.52 Å². The number of fused-ring (bicyclic) bond motifs is 2. The molecule has 0 saturated carbocycles. The normalized spacial score (nSPS) is 14.2. The first kappa shape index (κ1) is 20.2. The molecule has 0 saturated heterocycles. The van der Waals surface area contributed by atoms with E-state index >= 15 is 0 Å². The Morgan fingerprint density at radius 1 is 1.23 bits per heavy atom. The molecule has 1 atom stereocenters. The molecule has 0 bridgehead atoms. The fourth-order valence-corrected chi connectivity index (χ4v) is 3.85.